The lowest BCUT2D eigenvalue weighted by Gasteiger charge is -2.40. The molecule has 2 atom stereocenters. The molecule has 0 bridgehead atoms. The summed E-state index contributed by atoms with van der Waals surface area (Å²) in [6, 6.07) is 13.5. The molecule has 0 radical (unpaired) electrons. The van der Waals surface area contributed by atoms with Crippen LogP contribution in [0.4, 0.5) is 0 Å². The van der Waals surface area contributed by atoms with Crippen LogP contribution >= 0.6 is 11.6 Å². The average molecular weight is 491 g/mol. The minimum atomic E-state index is -3.76. The third-order valence-corrected chi connectivity index (χ3v) is 8.72. The second kappa shape index (κ2) is 10.5. The maximum atomic E-state index is 13.8. The highest BCUT2D eigenvalue weighted by Crippen LogP contribution is 2.33. The molecule has 6 nitrogen and oxygen atoms in total. The van der Waals surface area contributed by atoms with Crippen molar-refractivity contribution in [2.75, 3.05) is 19.6 Å². The fourth-order valence-electron chi connectivity index (χ4n) is 4.82. The standard InChI is InChI=1S/C25H31ClN2O4S/c1-2-27-16-7-8-17-28(33(30,31)20-11-9-10-19(26)18-20)22-13-4-6-15-24(22)32-23-14-5-3-12-21(23)25(27)29/h3,5,9-12,14,18,22,24H,2,4,6-8,13,15-17H2,1H3/t22-,24+/m1/s1. The Bertz CT molecular complexity index is 1090. The molecular formula is C25H31ClN2O4S. The van der Waals surface area contributed by atoms with Crippen LogP contribution in [0.3, 0.4) is 0 Å². The second-order valence-corrected chi connectivity index (χ2v) is 11.0. The Labute approximate surface area is 201 Å². The van der Waals surface area contributed by atoms with Gasteiger partial charge in [0.1, 0.15) is 11.9 Å². The Morgan fingerprint density at radius 1 is 1.00 bits per heavy atom. The molecule has 2 aromatic rings. The van der Waals surface area contributed by atoms with Crippen LogP contribution in [-0.4, -0.2) is 55.3 Å². The molecule has 0 aromatic heterocycles. The molecule has 2 aliphatic rings. The lowest BCUT2D eigenvalue weighted by atomic mass is 9.92. The Morgan fingerprint density at radius 2 is 1.76 bits per heavy atom. The molecule has 4 rings (SSSR count). The summed E-state index contributed by atoms with van der Waals surface area (Å²) in [6.45, 7) is 3.50. The summed E-state index contributed by atoms with van der Waals surface area (Å²) in [6.07, 6.45) is 4.43. The smallest absolute Gasteiger partial charge is 0.257 e. The number of hydrogen-bond acceptors (Lipinski definition) is 4. The summed E-state index contributed by atoms with van der Waals surface area (Å²) in [4.78, 5) is 15.2. The van der Waals surface area contributed by atoms with E-state index in [2.05, 4.69) is 0 Å². The Kier molecular flexibility index (Phi) is 7.62. The van der Waals surface area contributed by atoms with Gasteiger partial charge >= 0.3 is 0 Å². The van der Waals surface area contributed by atoms with E-state index < -0.39 is 10.0 Å². The Balaban J connectivity index is 1.75. The molecule has 0 N–H and O–H groups in total. The van der Waals surface area contributed by atoms with Crippen molar-refractivity contribution in [3.05, 3.63) is 59.1 Å². The Morgan fingerprint density at radius 3 is 2.55 bits per heavy atom. The number of ether oxygens (including phenoxy) is 1. The van der Waals surface area contributed by atoms with Gasteiger partial charge in [-0.05, 0) is 69.4 Å². The van der Waals surface area contributed by atoms with Crippen LogP contribution in [0.15, 0.2) is 53.4 Å². The van der Waals surface area contributed by atoms with Crippen molar-refractivity contribution in [1.29, 1.82) is 0 Å². The van der Waals surface area contributed by atoms with Crippen LogP contribution in [0.5, 0.6) is 5.75 Å². The van der Waals surface area contributed by atoms with Crippen LogP contribution in [-0.2, 0) is 10.0 Å². The second-order valence-electron chi connectivity index (χ2n) is 8.67. The highest BCUT2D eigenvalue weighted by atomic mass is 35.5. The zero-order chi connectivity index (χ0) is 23.4. The normalized spacial score (nSPS) is 23.0. The third-order valence-electron chi connectivity index (χ3n) is 6.56. The van der Waals surface area contributed by atoms with Gasteiger partial charge in [-0.1, -0.05) is 36.2 Å². The van der Waals surface area contributed by atoms with E-state index in [0.29, 0.717) is 42.4 Å². The zero-order valence-electron chi connectivity index (χ0n) is 19.0. The van der Waals surface area contributed by atoms with Gasteiger partial charge in [-0.15, -0.1) is 0 Å². The maximum absolute atomic E-state index is 13.8. The van der Waals surface area contributed by atoms with Crippen molar-refractivity contribution in [3.63, 3.8) is 0 Å². The number of sulfonamides is 1. The molecule has 1 aliphatic heterocycles. The molecule has 8 heteroatoms. The van der Waals surface area contributed by atoms with Gasteiger partial charge in [0.15, 0.2) is 0 Å². The van der Waals surface area contributed by atoms with Crippen LogP contribution in [0, 0.1) is 0 Å². The van der Waals surface area contributed by atoms with Gasteiger partial charge in [0.25, 0.3) is 5.91 Å². The molecule has 1 saturated carbocycles. The minimum absolute atomic E-state index is 0.0376. The summed E-state index contributed by atoms with van der Waals surface area (Å²) >= 11 is 6.13. The number of amides is 1. The molecular weight excluding hydrogens is 460 g/mol. The van der Waals surface area contributed by atoms with Crippen LogP contribution in [0.2, 0.25) is 5.02 Å². The third kappa shape index (κ3) is 5.20. The van der Waals surface area contributed by atoms with Crippen molar-refractivity contribution >= 4 is 27.5 Å². The highest BCUT2D eigenvalue weighted by Gasteiger charge is 2.39. The van der Waals surface area contributed by atoms with E-state index >= 15 is 0 Å². The fourth-order valence-corrected chi connectivity index (χ4v) is 6.84. The van der Waals surface area contributed by atoms with E-state index in [0.717, 1.165) is 32.1 Å². The number of fused-ring (bicyclic) bond motifs is 2. The topological polar surface area (TPSA) is 66.9 Å². The minimum Gasteiger partial charge on any atom is -0.488 e. The van der Waals surface area contributed by atoms with Crippen molar-refractivity contribution in [2.24, 2.45) is 0 Å². The molecule has 178 valence electrons. The van der Waals surface area contributed by atoms with E-state index in [1.807, 2.05) is 25.1 Å². The molecule has 0 unspecified atom stereocenters. The van der Waals surface area contributed by atoms with E-state index in [-0.39, 0.29) is 22.9 Å². The molecule has 0 saturated heterocycles. The van der Waals surface area contributed by atoms with Crippen molar-refractivity contribution in [2.45, 2.75) is 62.5 Å². The Hall–Kier alpha value is -2.09. The molecule has 1 fully saturated rings. The first-order chi connectivity index (χ1) is 15.9. The number of rotatable bonds is 3. The van der Waals surface area contributed by atoms with E-state index in [9.17, 15) is 13.2 Å². The van der Waals surface area contributed by atoms with Gasteiger partial charge in [-0.25, -0.2) is 8.42 Å². The summed E-state index contributed by atoms with van der Waals surface area (Å²) in [5, 5.41) is 0.396. The van der Waals surface area contributed by atoms with Gasteiger partial charge in [-0.2, -0.15) is 4.31 Å². The van der Waals surface area contributed by atoms with E-state index in [4.69, 9.17) is 16.3 Å². The van der Waals surface area contributed by atoms with E-state index in [1.54, 1.807) is 33.5 Å². The number of para-hydroxylation sites is 1. The summed E-state index contributed by atoms with van der Waals surface area (Å²) in [5.41, 5.74) is 0.536. The predicted octanol–water partition coefficient (Wildman–Crippen LogP) is 4.98. The average Bonchev–Trinajstić information content (AvgIpc) is 2.81. The van der Waals surface area contributed by atoms with E-state index in [1.165, 1.54) is 6.07 Å². The summed E-state index contributed by atoms with van der Waals surface area (Å²) < 4.78 is 35.6. The van der Waals surface area contributed by atoms with Crippen LogP contribution in [0.25, 0.3) is 0 Å². The number of nitrogens with zero attached hydrogens (tertiary/aromatic N) is 2. The number of benzene rings is 2. The van der Waals surface area contributed by atoms with Crippen molar-refractivity contribution in [3.8, 4) is 5.75 Å². The summed E-state index contributed by atoms with van der Waals surface area (Å²) in [5.74, 6) is 0.489. The first-order valence-electron chi connectivity index (χ1n) is 11.7. The lowest BCUT2D eigenvalue weighted by molar-refractivity contribution is 0.0641. The van der Waals surface area contributed by atoms with Gasteiger partial charge in [0, 0.05) is 24.7 Å². The molecule has 0 spiro atoms. The molecule has 1 amide bonds. The fraction of sp³-hybridized carbons (Fsp3) is 0.480. The number of carbonyl (C=O) groups excluding carboxylic acids is 1. The first kappa shape index (κ1) is 24.0. The van der Waals surface area contributed by atoms with Crippen molar-refractivity contribution in [1.82, 2.24) is 9.21 Å². The first-order valence-corrected chi connectivity index (χ1v) is 13.6. The van der Waals surface area contributed by atoms with Crippen molar-refractivity contribution < 1.29 is 17.9 Å². The summed E-state index contributed by atoms with van der Waals surface area (Å²) in [7, 11) is -3.76. The van der Waals surface area contributed by atoms with Crippen LogP contribution in [0.1, 0.15) is 55.8 Å². The molecule has 2 aromatic carbocycles. The van der Waals surface area contributed by atoms with Gasteiger partial charge in [-0.3, -0.25) is 4.79 Å². The van der Waals surface area contributed by atoms with Gasteiger partial charge in [0.05, 0.1) is 16.5 Å². The highest BCUT2D eigenvalue weighted by molar-refractivity contribution is 7.89. The number of carbonyl (C=O) groups is 1. The zero-order valence-corrected chi connectivity index (χ0v) is 20.5. The maximum Gasteiger partial charge on any atom is 0.257 e. The molecule has 1 aliphatic carbocycles. The quantitative estimate of drug-likeness (QED) is 0.608. The SMILES string of the molecule is CCN1CCCCN(S(=O)(=O)c2cccc(Cl)c2)[C@@H]2CCCC[C@@H]2Oc2ccccc2C1=O. The monoisotopic (exact) mass is 490 g/mol. The van der Waals surface area contributed by atoms with Gasteiger partial charge < -0.3 is 9.64 Å². The largest absolute Gasteiger partial charge is 0.488 e. The number of halogens is 1. The number of hydrogen-bond donors (Lipinski definition) is 0. The van der Waals surface area contributed by atoms with Gasteiger partial charge in [0.2, 0.25) is 10.0 Å². The molecule has 33 heavy (non-hydrogen) atoms. The predicted molar refractivity (Wildman–Crippen MR) is 129 cm³/mol. The lowest BCUT2D eigenvalue weighted by Crippen LogP contribution is -2.51. The van der Waals surface area contributed by atoms with Crippen LogP contribution < -0.4 is 4.74 Å². The molecule has 1 heterocycles.